The zero-order chi connectivity index (χ0) is 19.0. The van der Waals surface area contributed by atoms with Crippen LogP contribution in [0.1, 0.15) is 25.3 Å². The first kappa shape index (κ1) is 23.8. The molecule has 1 aliphatic heterocycles. The second-order valence-electron chi connectivity index (χ2n) is 6.36. The van der Waals surface area contributed by atoms with E-state index in [-0.39, 0.29) is 36.3 Å². The summed E-state index contributed by atoms with van der Waals surface area (Å²) in [6, 6.07) is 6.10. The van der Waals surface area contributed by atoms with Crippen LogP contribution in [-0.2, 0) is 6.54 Å². The van der Waals surface area contributed by atoms with E-state index in [0.29, 0.717) is 17.4 Å². The number of benzene rings is 1. The van der Waals surface area contributed by atoms with E-state index in [1.807, 2.05) is 0 Å². The summed E-state index contributed by atoms with van der Waals surface area (Å²) in [7, 11) is 1.65. The van der Waals surface area contributed by atoms with Gasteiger partial charge in [0.25, 0.3) is 0 Å². The van der Waals surface area contributed by atoms with Gasteiger partial charge in [-0.1, -0.05) is 25.1 Å². The molecule has 9 heteroatoms. The number of nitrogens with zero attached hydrogens (tertiary/aromatic N) is 2. The quantitative estimate of drug-likeness (QED) is 0.356. The topological polar surface area (TPSA) is 48.9 Å². The Labute approximate surface area is 175 Å². The van der Waals surface area contributed by atoms with Crippen molar-refractivity contribution in [1.29, 1.82) is 0 Å². The van der Waals surface area contributed by atoms with Crippen molar-refractivity contribution in [3.63, 3.8) is 0 Å². The van der Waals surface area contributed by atoms with Crippen molar-refractivity contribution in [1.82, 2.24) is 15.5 Å². The largest absolute Gasteiger partial charge is 0.573 e. The van der Waals surface area contributed by atoms with Crippen LogP contribution in [0.15, 0.2) is 29.3 Å². The maximum absolute atomic E-state index is 12.5. The van der Waals surface area contributed by atoms with E-state index in [1.165, 1.54) is 25.0 Å². The minimum atomic E-state index is -4.71. The van der Waals surface area contributed by atoms with Crippen LogP contribution in [0.25, 0.3) is 0 Å². The summed E-state index contributed by atoms with van der Waals surface area (Å²) >= 11 is 0. The first-order valence-corrected chi connectivity index (χ1v) is 8.91. The van der Waals surface area contributed by atoms with Crippen LogP contribution in [0.2, 0.25) is 0 Å². The summed E-state index contributed by atoms with van der Waals surface area (Å²) in [6.45, 7) is 6.41. The summed E-state index contributed by atoms with van der Waals surface area (Å²) in [6.07, 6.45) is -2.35. The van der Waals surface area contributed by atoms with Crippen molar-refractivity contribution >= 4 is 29.9 Å². The predicted octanol–water partition coefficient (Wildman–Crippen LogP) is 3.60. The van der Waals surface area contributed by atoms with Gasteiger partial charge < -0.3 is 20.3 Å². The van der Waals surface area contributed by atoms with Gasteiger partial charge in [-0.2, -0.15) is 0 Å². The zero-order valence-corrected chi connectivity index (χ0v) is 18.0. The SMILES string of the molecule is CCN1CCCC(CNC(=NC)NCc2ccccc2OC(F)(F)F)C1.I. The van der Waals surface area contributed by atoms with Crippen LogP contribution in [0, 0.1) is 5.92 Å². The van der Waals surface area contributed by atoms with Gasteiger partial charge in [0.05, 0.1) is 0 Å². The number of para-hydroxylation sites is 1. The number of guanidine groups is 1. The number of rotatable bonds is 6. The molecule has 2 rings (SSSR count). The lowest BCUT2D eigenvalue weighted by atomic mass is 9.98. The number of aliphatic imine (C=N–C) groups is 1. The smallest absolute Gasteiger partial charge is 0.405 e. The molecule has 1 heterocycles. The molecule has 27 heavy (non-hydrogen) atoms. The van der Waals surface area contributed by atoms with Gasteiger partial charge in [-0.15, -0.1) is 37.1 Å². The number of hydrogen-bond donors (Lipinski definition) is 2. The van der Waals surface area contributed by atoms with Gasteiger partial charge >= 0.3 is 6.36 Å². The van der Waals surface area contributed by atoms with Gasteiger partial charge in [0.1, 0.15) is 5.75 Å². The molecule has 1 atom stereocenters. The number of hydrogen-bond acceptors (Lipinski definition) is 3. The number of piperidine rings is 1. The Balaban J connectivity index is 0.00000364. The molecule has 0 amide bonds. The van der Waals surface area contributed by atoms with Crippen LogP contribution in [0.5, 0.6) is 5.75 Å². The number of halogens is 4. The third-order valence-corrected chi connectivity index (χ3v) is 4.48. The van der Waals surface area contributed by atoms with E-state index in [0.717, 1.165) is 26.2 Å². The molecule has 154 valence electrons. The molecule has 1 aromatic rings. The highest BCUT2D eigenvalue weighted by Crippen LogP contribution is 2.26. The van der Waals surface area contributed by atoms with Crippen LogP contribution >= 0.6 is 24.0 Å². The lowest BCUT2D eigenvalue weighted by Gasteiger charge is -2.32. The molecule has 0 bridgehead atoms. The molecule has 1 saturated heterocycles. The molecular formula is C18H28F3IN4O. The average Bonchev–Trinajstić information content (AvgIpc) is 2.62. The highest BCUT2D eigenvalue weighted by Gasteiger charge is 2.32. The first-order chi connectivity index (χ1) is 12.4. The monoisotopic (exact) mass is 500 g/mol. The third-order valence-electron chi connectivity index (χ3n) is 4.48. The Morgan fingerprint density at radius 2 is 2.04 bits per heavy atom. The first-order valence-electron chi connectivity index (χ1n) is 8.91. The Kier molecular flexibility index (Phi) is 10.2. The normalized spacial score (nSPS) is 18.6. The zero-order valence-electron chi connectivity index (χ0n) is 15.7. The number of ether oxygens (including phenoxy) is 1. The van der Waals surface area contributed by atoms with Crippen molar-refractivity contribution in [3.8, 4) is 5.75 Å². The van der Waals surface area contributed by atoms with E-state index in [9.17, 15) is 13.2 Å². The molecule has 0 saturated carbocycles. The van der Waals surface area contributed by atoms with Gasteiger partial charge in [0.2, 0.25) is 0 Å². The molecular weight excluding hydrogens is 472 g/mol. The minimum absolute atomic E-state index is 0. The molecule has 1 fully saturated rings. The lowest BCUT2D eigenvalue weighted by Crippen LogP contribution is -2.44. The second-order valence-corrected chi connectivity index (χ2v) is 6.36. The molecule has 0 aliphatic carbocycles. The van der Waals surface area contributed by atoms with Gasteiger partial charge in [-0.25, -0.2) is 0 Å². The van der Waals surface area contributed by atoms with Crippen molar-refractivity contribution in [2.24, 2.45) is 10.9 Å². The Morgan fingerprint density at radius 3 is 2.70 bits per heavy atom. The molecule has 0 aromatic heterocycles. The Hall–Kier alpha value is -1.23. The number of likely N-dealkylation sites (tertiary alicyclic amines) is 1. The molecule has 5 nitrogen and oxygen atoms in total. The van der Waals surface area contributed by atoms with E-state index >= 15 is 0 Å². The minimum Gasteiger partial charge on any atom is -0.405 e. The van der Waals surface area contributed by atoms with E-state index in [4.69, 9.17) is 0 Å². The molecule has 1 aliphatic rings. The average molecular weight is 500 g/mol. The number of alkyl halides is 3. The van der Waals surface area contributed by atoms with E-state index in [2.05, 4.69) is 32.2 Å². The second kappa shape index (κ2) is 11.6. The lowest BCUT2D eigenvalue weighted by molar-refractivity contribution is -0.274. The van der Waals surface area contributed by atoms with Crippen LogP contribution in [0.3, 0.4) is 0 Å². The molecule has 1 unspecified atom stereocenters. The van der Waals surface area contributed by atoms with Crippen molar-refractivity contribution in [2.45, 2.75) is 32.7 Å². The summed E-state index contributed by atoms with van der Waals surface area (Å²) in [5, 5.41) is 6.33. The third kappa shape index (κ3) is 8.54. The van der Waals surface area contributed by atoms with Gasteiger partial charge in [-0.05, 0) is 37.9 Å². The maximum atomic E-state index is 12.5. The fourth-order valence-corrected chi connectivity index (χ4v) is 3.12. The molecule has 1 aromatic carbocycles. The molecule has 2 N–H and O–H groups in total. The summed E-state index contributed by atoms with van der Waals surface area (Å²) in [4.78, 5) is 6.58. The van der Waals surface area contributed by atoms with Gasteiger partial charge in [0, 0.05) is 32.2 Å². The fourth-order valence-electron chi connectivity index (χ4n) is 3.12. The summed E-state index contributed by atoms with van der Waals surface area (Å²) in [5.41, 5.74) is 0.419. The predicted molar refractivity (Wildman–Crippen MR) is 112 cm³/mol. The van der Waals surface area contributed by atoms with Crippen LogP contribution < -0.4 is 15.4 Å². The molecule has 0 radical (unpaired) electrons. The van der Waals surface area contributed by atoms with Gasteiger partial charge in [-0.3, -0.25) is 4.99 Å². The summed E-state index contributed by atoms with van der Waals surface area (Å²) < 4.78 is 41.5. The Bertz CT molecular complexity index is 598. The van der Waals surface area contributed by atoms with Crippen LogP contribution in [0.4, 0.5) is 13.2 Å². The highest BCUT2D eigenvalue weighted by atomic mass is 127. The maximum Gasteiger partial charge on any atom is 0.573 e. The summed E-state index contributed by atoms with van der Waals surface area (Å²) in [5.74, 6) is 0.914. The number of nitrogens with one attached hydrogen (secondary N) is 2. The molecule has 0 spiro atoms. The van der Waals surface area contributed by atoms with E-state index < -0.39 is 6.36 Å². The Morgan fingerprint density at radius 1 is 1.30 bits per heavy atom. The van der Waals surface area contributed by atoms with Gasteiger partial charge in [0.15, 0.2) is 5.96 Å². The van der Waals surface area contributed by atoms with Crippen molar-refractivity contribution in [3.05, 3.63) is 29.8 Å². The van der Waals surface area contributed by atoms with Crippen molar-refractivity contribution in [2.75, 3.05) is 33.2 Å². The van der Waals surface area contributed by atoms with Crippen molar-refractivity contribution < 1.29 is 17.9 Å². The fraction of sp³-hybridized carbons (Fsp3) is 0.611. The van der Waals surface area contributed by atoms with Crippen LogP contribution in [-0.4, -0.2) is 50.4 Å². The highest BCUT2D eigenvalue weighted by molar-refractivity contribution is 14.0. The van der Waals surface area contributed by atoms with E-state index in [1.54, 1.807) is 19.2 Å². The standard InChI is InChI=1S/C18H27F3N4O.HI/c1-3-25-10-6-7-14(13-25)11-23-17(22-2)24-12-15-8-4-5-9-16(15)26-18(19,20)21;/h4-5,8-9,14H,3,6-7,10-13H2,1-2H3,(H2,22,23,24);1H.